The molecule has 0 aliphatic carbocycles. The van der Waals surface area contributed by atoms with Gasteiger partial charge in [0.2, 0.25) is 5.91 Å². The Labute approximate surface area is 202 Å². The molecule has 5 rings (SSSR count). The smallest absolute Gasteiger partial charge is 0.225 e. The highest BCUT2D eigenvalue weighted by Gasteiger charge is 2.15. The number of aromatic amines is 1. The third-order valence-corrected chi connectivity index (χ3v) is 6.35. The second kappa shape index (κ2) is 9.93. The maximum atomic E-state index is 12.7. The quantitative estimate of drug-likeness (QED) is 0.262. The van der Waals surface area contributed by atoms with Crippen LogP contribution in [0, 0.1) is 6.92 Å². The molecular weight excluding hydrogens is 440 g/mol. The first-order valence-electron chi connectivity index (χ1n) is 11.2. The first-order valence-corrected chi connectivity index (χ1v) is 12.2. The Morgan fingerprint density at radius 2 is 1.56 bits per heavy atom. The summed E-state index contributed by atoms with van der Waals surface area (Å²) in [6, 6.07) is 30.1. The fourth-order valence-corrected chi connectivity index (χ4v) is 4.71. The Balaban J connectivity index is 1.30. The van der Waals surface area contributed by atoms with Crippen molar-refractivity contribution >= 4 is 34.3 Å². The predicted octanol–water partition coefficient (Wildman–Crippen LogP) is 6.72. The summed E-state index contributed by atoms with van der Waals surface area (Å²) in [5.41, 5.74) is 6.59. The van der Waals surface area contributed by atoms with E-state index in [2.05, 4.69) is 39.6 Å². The molecule has 2 N–H and O–H groups in total. The average Bonchev–Trinajstić information content (AvgIpc) is 3.29. The summed E-state index contributed by atoms with van der Waals surface area (Å²) in [6.07, 6.45) is 0.377. The summed E-state index contributed by atoms with van der Waals surface area (Å²) in [4.78, 5) is 25.6. The van der Waals surface area contributed by atoms with Crippen LogP contribution in [0.5, 0.6) is 0 Å². The van der Waals surface area contributed by atoms with Crippen molar-refractivity contribution < 1.29 is 4.79 Å². The number of benzene rings is 3. The summed E-state index contributed by atoms with van der Waals surface area (Å²) < 4.78 is 0. The number of imidazole rings is 1. The number of rotatable bonds is 7. The number of carbonyl (C=O) groups excluding carboxylic acids is 1. The van der Waals surface area contributed by atoms with Crippen molar-refractivity contribution in [3.63, 3.8) is 0 Å². The van der Waals surface area contributed by atoms with Crippen LogP contribution in [-0.4, -0.2) is 26.6 Å². The molecule has 0 bridgehead atoms. The number of H-pyrrole nitrogens is 1. The van der Waals surface area contributed by atoms with Crippen LogP contribution in [0.25, 0.3) is 33.4 Å². The normalized spacial score (nSPS) is 11.0. The van der Waals surface area contributed by atoms with E-state index in [-0.39, 0.29) is 5.91 Å². The highest BCUT2D eigenvalue weighted by molar-refractivity contribution is 7.99. The number of nitrogens with zero attached hydrogens (tertiary/aromatic N) is 2. The topological polar surface area (TPSA) is 70.7 Å². The molecule has 0 aliphatic heterocycles. The predicted molar refractivity (Wildman–Crippen MR) is 140 cm³/mol. The third-order valence-electron chi connectivity index (χ3n) is 5.48. The summed E-state index contributed by atoms with van der Waals surface area (Å²) >= 11 is 1.55. The summed E-state index contributed by atoms with van der Waals surface area (Å²) in [7, 11) is 0. The third kappa shape index (κ3) is 4.87. The number of hydrogen-bond acceptors (Lipinski definition) is 4. The molecule has 2 aromatic heterocycles. The fraction of sp³-hybridized carbons (Fsp3) is 0.107. The maximum Gasteiger partial charge on any atom is 0.225 e. The number of amides is 1. The van der Waals surface area contributed by atoms with Crippen molar-refractivity contribution in [1.82, 2.24) is 15.0 Å². The van der Waals surface area contributed by atoms with Crippen LogP contribution >= 0.6 is 11.8 Å². The van der Waals surface area contributed by atoms with Crippen LogP contribution in [-0.2, 0) is 4.79 Å². The van der Waals surface area contributed by atoms with Crippen molar-refractivity contribution in [1.29, 1.82) is 0 Å². The minimum atomic E-state index is -0.0265. The zero-order valence-corrected chi connectivity index (χ0v) is 19.6. The first kappa shape index (κ1) is 21.9. The van der Waals surface area contributed by atoms with Gasteiger partial charge in [0, 0.05) is 34.4 Å². The maximum absolute atomic E-state index is 12.7. The molecule has 34 heavy (non-hydrogen) atoms. The van der Waals surface area contributed by atoms with Gasteiger partial charge in [-0.1, -0.05) is 90.6 Å². The lowest BCUT2D eigenvalue weighted by atomic mass is 10.1. The molecule has 0 unspecified atom stereocenters. The van der Waals surface area contributed by atoms with Crippen LogP contribution in [0.4, 0.5) is 5.69 Å². The molecule has 3 aromatic carbocycles. The number of aromatic nitrogens is 3. The zero-order valence-electron chi connectivity index (χ0n) is 18.8. The molecule has 5 nitrogen and oxygen atoms in total. The number of thioether (sulfide) groups is 1. The lowest BCUT2D eigenvalue weighted by Crippen LogP contribution is -2.13. The van der Waals surface area contributed by atoms with Gasteiger partial charge in [0.25, 0.3) is 0 Å². The lowest BCUT2D eigenvalue weighted by molar-refractivity contribution is -0.115. The van der Waals surface area contributed by atoms with Crippen molar-refractivity contribution in [3.05, 3.63) is 96.7 Å². The monoisotopic (exact) mass is 464 g/mol. The van der Waals surface area contributed by atoms with E-state index in [0.29, 0.717) is 12.2 Å². The zero-order chi connectivity index (χ0) is 23.3. The molecule has 0 fully saturated rings. The minimum absolute atomic E-state index is 0.0265. The highest BCUT2D eigenvalue weighted by atomic mass is 32.2. The molecule has 0 radical (unpaired) electrons. The number of carbonyl (C=O) groups is 1. The van der Waals surface area contributed by atoms with Crippen LogP contribution < -0.4 is 5.32 Å². The number of nitrogens with one attached hydrogen (secondary N) is 2. The fourth-order valence-electron chi connectivity index (χ4n) is 3.90. The summed E-state index contributed by atoms with van der Waals surface area (Å²) in [6.45, 7) is 1.93. The van der Waals surface area contributed by atoms with Gasteiger partial charge in [-0.05, 0) is 19.1 Å². The van der Waals surface area contributed by atoms with E-state index < -0.39 is 0 Å². The van der Waals surface area contributed by atoms with Crippen LogP contribution in [0.3, 0.4) is 0 Å². The molecule has 0 atom stereocenters. The van der Waals surface area contributed by atoms with Crippen molar-refractivity contribution in [2.45, 2.75) is 18.5 Å². The van der Waals surface area contributed by atoms with Gasteiger partial charge in [-0.3, -0.25) is 9.78 Å². The molecule has 0 spiro atoms. The Hall–Kier alpha value is -3.90. The highest BCUT2D eigenvalue weighted by Crippen LogP contribution is 2.32. The molecule has 1 amide bonds. The van der Waals surface area contributed by atoms with Crippen molar-refractivity contribution in [2.75, 3.05) is 11.1 Å². The number of aryl methyl sites for hydroxylation is 1. The van der Waals surface area contributed by atoms with E-state index in [1.807, 2.05) is 73.7 Å². The van der Waals surface area contributed by atoms with Gasteiger partial charge in [-0.15, -0.1) is 0 Å². The Kier molecular flexibility index (Phi) is 6.40. The van der Waals surface area contributed by atoms with Gasteiger partial charge in [0.05, 0.1) is 22.6 Å². The van der Waals surface area contributed by atoms with Gasteiger partial charge in [-0.25, -0.2) is 4.98 Å². The van der Waals surface area contributed by atoms with E-state index in [1.54, 1.807) is 11.8 Å². The van der Waals surface area contributed by atoms with Crippen LogP contribution in [0.15, 0.2) is 96.2 Å². The SMILES string of the molecule is Cc1cc(NC(=O)CCSc2nc(-c3ccccc3)c(-c3ccccc3)[nH]2)c2ccccc2n1. The van der Waals surface area contributed by atoms with Crippen molar-refractivity contribution in [2.24, 2.45) is 0 Å². The number of anilines is 1. The molecule has 168 valence electrons. The Bertz CT molecular complexity index is 1370. The Morgan fingerprint density at radius 3 is 2.32 bits per heavy atom. The number of fused-ring (bicyclic) bond motifs is 1. The lowest BCUT2D eigenvalue weighted by Gasteiger charge is -2.09. The van der Waals surface area contributed by atoms with E-state index >= 15 is 0 Å². The van der Waals surface area contributed by atoms with Gasteiger partial charge < -0.3 is 10.3 Å². The Morgan fingerprint density at radius 1 is 0.882 bits per heavy atom. The summed E-state index contributed by atoms with van der Waals surface area (Å²) in [5, 5.41) is 4.80. The van der Waals surface area contributed by atoms with E-state index in [0.717, 1.165) is 50.0 Å². The molecular formula is C28H24N4OS. The van der Waals surface area contributed by atoms with Gasteiger partial charge in [0.1, 0.15) is 0 Å². The molecule has 0 saturated carbocycles. The molecule has 5 aromatic rings. The van der Waals surface area contributed by atoms with Gasteiger partial charge in [0.15, 0.2) is 5.16 Å². The van der Waals surface area contributed by atoms with E-state index in [1.165, 1.54) is 0 Å². The largest absolute Gasteiger partial charge is 0.332 e. The molecule has 2 heterocycles. The molecule has 0 saturated heterocycles. The molecule has 6 heteroatoms. The van der Waals surface area contributed by atoms with Gasteiger partial charge in [-0.2, -0.15) is 0 Å². The minimum Gasteiger partial charge on any atom is -0.332 e. The number of hydrogen-bond donors (Lipinski definition) is 2. The first-order chi connectivity index (χ1) is 16.7. The number of pyridine rings is 1. The number of para-hydroxylation sites is 1. The average molecular weight is 465 g/mol. The van der Waals surface area contributed by atoms with Gasteiger partial charge >= 0.3 is 0 Å². The van der Waals surface area contributed by atoms with Crippen LogP contribution in [0.1, 0.15) is 12.1 Å². The molecule has 0 aliphatic rings. The standard InChI is InChI=1S/C28H24N4OS/c1-19-18-24(22-14-8-9-15-23(22)29-19)30-25(33)16-17-34-28-31-26(20-10-4-2-5-11-20)27(32-28)21-12-6-3-7-13-21/h2-15,18H,16-17H2,1H3,(H,31,32)(H,29,30,33). The second-order valence-electron chi connectivity index (χ2n) is 7.97. The van der Waals surface area contributed by atoms with Crippen LogP contribution in [0.2, 0.25) is 0 Å². The summed E-state index contributed by atoms with van der Waals surface area (Å²) in [5.74, 6) is 0.588. The van der Waals surface area contributed by atoms with E-state index in [4.69, 9.17) is 4.98 Å². The second-order valence-corrected chi connectivity index (χ2v) is 9.06. The van der Waals surface area contributed by atoms with Crippen molar-refractivity contribution in [3.8, 4) is 22.5 Å². The van der Waals surface area contributed by atoms with E-state index in [9.17, 15) is 4.79 Å².